The van der Waals surface area contributed by atoms with Crippen LogP contribution in [0.25, 0.3) is 0 Å². The molecule has 1 rings (SSSR count). The summed E-state index contributed by atoms with van der Waals surface area (Å²) in [4.78, 5) is 7.83. The summed E-state index contributed by atoms with van der Waals surface area (Å²) in [6, 6.07) is 0. The van der Waals surface area contributed by atoms with Gasteiger partial charge in [-0.15, -0.1) is 0 Å². The average molecular weight is 102 g/mol. The van der Waals surface area contributed by atoms with E-state index in [0.29, 0.717) is 0 Å². The Morgan fingerprint density at radius 2 is 2.29 bits per heavy atom. The molecule has 0 aliphatic heterocycles. The van der Waals surface area contributed by atoms with Gasteiger partial charge in [-0.3, -0.25) is 0 Å². The van der Waals surface area contributed by atoms with Crippen LogP contribution in [0.15, 0.2) is 18.6 Å². The summed E-state index contributed by atoms with van der Waals surface area (Å²) in [5, 5.41) is 0. The van der Waals surface area contributed by atoms with Gasteiger partial charge in [0, 0.05) is 0 Å². The summed E-state index contributed by atoms with van der Waals surface area (Å²) in [6.45, 7) is 0. The summed E-state index contributed by atoms with van der Waals surface area (Å²) in [5.74, 6) is 0. The van der Waals surface area contributed by atoms with Crippen molar-refractivity contribution in [2.24, 2.45) is 0 Å². The standard InChI is InChI=1S/C4H3N2.Na/c1-2-6-4-3-5-1;/h1-3H;. The van der Waals surface area contributed by atoms with E-state index in [1.165, 1.54) is 0 Å². The second-order valence-corrected chi connectivity index (χ2v) is 2.37. The van der Waals surface area contributed by atoms with Gasteiger partial charge in [0.1, 0.15) is 0 Å². The van der Waals surface area contributed by atoms with E-state index in [4.69, 9.17) is 0 Å². The molecule has 0 aliphatic rings. The maximum atomic E-state index is 3.98. The van der Waals surface area contributed by atoms with Crippen molar-refractivity contribution in [2.75, 3.05) is 0 Å². The van der Waals surface area contributed by atoms with Crippen molar-refractivity contribution in [3.8, 4) is 0 Å². The Labute approximate surface area is 59.4 Å². The zero-order valence-corrected chi connectivity index (χ0v) is 6.13. The third-order valence-corrected chi connectivity index (χ3v) is 1.21. The molecule has 7 heavy (non-hydrogen) atoms. The van der Waals surface area contributed by atoms with Crippen LogP contribution in [0.2, 0.25) is 0 Å². The first-order chi connectivity index (χ1) is 3.39. The second-order valence-electron chi connectivity index (χ2n) is 1.35. The first-order valence-corrected chi connectivity index (χ1v) is 3.12. The van der Waals surface area contributed by atoms with Crippen molar-refractivity contribution in [3.05, 3.63) is 18.6 Å². The first-order valence-electron chi connectivity index (χ1n) is 2.12. The van der Waals surface area contributed by atoms with Crippen molar-refractivity contribution < 1.29 is 0 Å². The van der Waals surface area contributed by atoms with Crippen molar-refractivity contribution in [2.45, 2.75) is 0 Å². The molecule has 3 heteroatoms. The Hall–Kier alpha value is 0.0800. The summed E-state index contributed by atoms with van der Waals surface area (Å²) in [7, 11) is 0. The third-order valence-electron chi connectivity index (χ3n) is 0.692. The van der Waals surface area contributed by atoms with Crippen LogP contribution in [-0.4, -0.2) is 37.9 Å². The molecule has 0 radical (unpaired) electrons. The predicted octanol–water partition coefficient (Wildman–Crippen LogP) is -0.730. The molecule has 0 aliphatic carbocycles. The van der Waals surface area contributed by atoms with Gasteiger partial charge in [-0.05, 0) is 0 Å². The minimum atomic E-state index is 1.00. The van der Waals surface area contributed by atoms with E-state index in [1.807, 2.05) is 0 Å². The Morgan fingerprint density at radius 3 is 2.57 bits per heavy atom. The minimum absolute atomic E-state index is 1.00. The van der Waals surface area contributed by atoms with E-state index in [2.05, 4.69) is 9.97 Å². The zero-order valence-electron chi connectivity index (χ0n) is 4.13. The van der Waals surface area contributed by atoms with Crippen molar-refractivity contribution in [3.63, 3.8) is 0 Å². The van der Waals surface area contributed by atoms with Gasteiger partial charge in [0.05, 0.1) is 0 Å². The van der Waals surface area contributed by atoms with Gasteiger partial charge in [-0.25, -0.2) is 0 Å². The average Bonchev–Trinajstić information content (AvgIpc) is 1.69. The van der Waals surface area contributed by atoms with E-state index in [9.17, 15) is 0 Å². The Balaban J connectivity index is 3.02. The Morgan fingerprint density at radius 1 is 1.43 bits per heavy atom. The number of hydrogen-bond acceptors (Lipinski definition) is 2. The Kier molecular flexibility index (Phi) is 1.79. The molecule has 0 unspecified atom stereocenters. The molecule has 0 spiro atoms. The van der Waals surface area contributed by atoms with Gasteiger partial charge in [-0.1, -0.05) is 0 Å². The molecule has 0 aromatic carbocycles. The molecule has 0 fully saturated rings. The van der Waals surface area contributed by atoms with Crippen LogP contribution in [0.4, 0.5) is 0 Å². The fourth-order valence-corrected chi connectivity index (χ4v) is 0.672. The fourth-order valence-electron chi connectivity index (χ4n) is 0.374. The molecule has 0 atom stereocenters. The molecular formula is C4H3N2Na. The Bertz CT molecular complexity index is 140. The maximum absolute atomic E-state index is 3.98. The van der Waals surface area contributed by atoms with Gasteiger partial charge in [0.25, 0.3) is 0 Å². The van der Waals surface area contributed by atoms with E-state index in [-0.39, 0.29) is 0 Å². The van der Waals surface area contributed by atoms with Crippen LogP contribution in [0, 0.1) is 0 Å². The van der Waals surface area contributed by atoms with Crippen molar-refractivity contribution in [1.29, 1.82) is 0 Å². The predicted molar refractivity (Wildman–Crippen MR) is 27.4 cm³/mol. The van der Waals surface area contributed by atoms with Crippen LogP contribution >= 0.6 is 0 Å². The summed E-state index contributed by atoms with van der Waals surface area (Å²) in [6.07, 6.45) is 5.18. The van der Waals surface area contributed by atoms with Gasteiger partial charge in [0.2, 0.25) is 0 Å². The number of rotatable bonds is 0. The summed E-state index contributed by atoms with van der Waals surface area (Å²) < 4.78 is 1.10. The number of hydrogen-bond donors (Lipinski definition) is 0. The van der Waals surface area contributed by atoms with Crippen LogP contribution in [0.3, 0.4) is 0 Å². The molecule has 0 saturated heterocycles. The van der Waals surface area contributed by atoms with Crippen molar-refractivity contribution in [1.82, 2.24) is 9.97 Å². The fraction of sp³-hybridized carbons (Fsp3) is 0. The topological polar surface area (TPSA) is 25.8 Å². The van der Waals surface area contributed by atoms with Crippen molar-refractivity contribution >= 4 is 30.9 Å². The molecule has 1 heterocycles. The molecule has 0 N–H and O–H groups in total. The van der Waals surface area contributed by atoms with E-state index in [0.717, 1.165) is 30.9 Å². The molecule has 1 aromatic rings. The molecular weight excluding hydrogens is 99.0 g/mol. The van der Waals surface area contributed by atoms with Crippen LogP contribution in [0.1, 0.15) is 0 Å². The zero-order chi connectivity index (χ0) is 5.11. The second kappa shape index (κ2) is 2.40. The van der Waals surface area contributed by atoms with E-state index < -0.39 is 0 Å². The molecule has 0 bridgehead atoms. The van der Waals surface area contributed by atoms with Crippen LogP contribution < -0.4 is 2.94 Å². The quantitative estimate of drug-likeness (QED) is 0.403. The number of aromatic nitrogens is 2. The SMILES string of the molecule is [Na][c]1cnccn1. The summed E-state index contributed by atoms with van der Waals surface area (Å²) >= 11 is 1.00. The number of nitrogens with zero attached hydrogens (tertiary/aromatic N) is 2. The summed E-state index contributed by atoms with van der Waals surface area (Å²) in [5.41, 5.74) is 0. The third kappa shape index (κ3) is 1.55. The van der Waals surface area contributed by atoms with Gasteiger partial charge in [0.15, 0.2) is 0 Å². The van der Waals surface area contributed by atoms with Crippen LogP contribution in [0.5, 0.6) is 0 Å². The van der Waals surface area contributed by atoms with Gasteiger partial charge in [-0.2, -0.15) is 0 Å². The molecule has 1 aromatic heterocycles. The monoisotopic (exact) mass is 102 g/mol. The molecule has 0 saturated carbocycles. The van der Waals surface area contributed by atoms with Gasteiger partial charge < -0.3 is 0 Å². The molecule has 2 nitrogen and oxygen atoms in total. The molecule has 30 valence electrons. The van der Waals surface area contributed by atoms with E-state index >= 15 is 0 Å². The van der Waals surface area contributed by atoms with Crippen LogP contribution in [-0.2, 0) is 0 Å². The normalized spacial score (nSPS) is 8.86. The van der Waals surface area contributed by atoms with E-state index in [1.54, 1.807) is 18.6 Å². The first kappa shape index (κ1) is 5.22. The van der Waals surface area contributed by atoms with Gasteiger partial charge >= 0.3 is 59.4 Å². The molecule has 0 amide bonds.